The number of thiazole rings is 1. The van der Waals surface area contributed by atoms with Crippen LogP contribution < -0.4 is 0 Å². The molecule has 0 radical (unpaired) electrons. The molecule has 1 aliphatic carbocycles. The van der Waals surface area contributed by atoms with E-state index in [0.717, 1.165) is 11.3 Å². The Kier molecular flexibility index (Phi) is 2.82. The molecule has 0 saturated carbocycles. The first-order valence-electron chi connectivity index (χ1n) is 6.58. The third-order valence-electron chi connectivity index (χ3n) is 3.49. The van der Waals surface area contributed by atoms with Crippen LogP contribution in [0.15, 0.2) is 40.8 Å². The number of benzene rings is 1. The van der Waals surface area contributed by atoms with Gasteiger partial charge in [0.1, 0.15) is 22.9 Å². The van der Waals surface area contributed by atoms with Gasteiger partial charge in [0.25, 0.3) is 0 Å². The lowest BCUT2D eigenvalue weighted by Gasteiger charge is -2.11. The van der Waals surface area contributed by atoms with Crippen LogP contribution in [-0.4, -0.2) is 21.7 Å². The van der Waals surface area contributed by atoms with E-state index in [9.17, 15) is 9.59 Å². The molecule has 0 aliphatic heterocycles. The van der Waals surface area contributed by atoms with Gasteiger partial charge in [-0.25, -0.2) is 4.98 Å². The minimum absolute atomic E-state index is 0.172. The molecular weight excluding hydrogens is 302 g/mol. The normalized spacial score (nSPS) is 13.1. The standard InChI is InChI=1S/C16H9NO4S/c18-7-8-5-6-11(21-8)16-17-12-13(19)9-3-1-2-4-10(9)14(20)15(12)22-16/h1-6,18H,7H2. The number of aliphatic hydroxyl groups excluding tert-OH is 1. The number of hydrogen-bond acceptors (Lipinski definition) is 6. The predicted molar refractivity (Wildman–Crippen MR) is 79.0 cm³/mol. The Morgan fingerprint density at radius 2 is 1.77 bits per heavy atom. The van der Waals surface area contributed by atoms with Crippen molar-refractivity contribution in [3.05, 3.63) is 63.9 Å². The largest absolute Gasteiger partial charge is 0.456 e. The summed E-state index contributed by atoms with van der Waals surface area (Å²) >= 11 is 1.13. The van der Waals surface area contributed by atoms with Crippen LogP contribution in [0.25, 0.3) is 10.8 Å². The Balaban J connectivity index is 1.86. The molecule has 0 bridgehead atoms. The summed E-state index contributed by atoms with van der Waals surface area (Å²) < 4.78 is 5.42. The maximum Gasteiger partial charge on any atom is 0.213 e. The Hall–Kier alpha value is -2.57. The van der Waals surface area contributed by atoms with Crippen LogP contribution in [-0.2, 0) is 6.61 Å². The molecule has 2 aromatic heterocycles. The molecule has 1 aliphatic rings. The summed E-state index contributed by atoms with van der Waals surface area (Å²) in [7, 11) is 0. The van der Waals surface area contributed by atoms with Gasteiger partial charge in [-0.15, -0.1) is 11.3 Å². The van der Waals surface area contributed by atoms with E-state index in [1.54, 1.807) is 36.4 Å². The lowest BCUT2D eigenvalue weighted by atomic mass is 9.91. The van der Waals surface area contributed by atoms with E-state index in [1.807, 2.05) is 0 Å². The highest BCUT2D eigenvalue weighted by Crippen LogP contribution is 2.35. The fourth-order valence-electron chi connectivity index (χ4n) is 2.44. The van der Waals surface area contributed by atoms with Gasteiger partial charge in [0.15, 0.2) is 10.8 Å². The minimum Gasteiger partial charge on any atom is -0.456 e. The second kappa shape index (κ2) is 4.72. The van der Waals surface area contributed by atoms with E-state index in [0.29, 0.717) is 32.5 Å². The average Bonchev–Trinajstić information content (AvgIpc) is 3.19. The quantitative estimate of drug-likeness (QED) is 0.615. The fourth-order valence-corrected chi connectivity index (χ4v) is 3.42. The average molecular weight is 311 g/mol. The summed E-state index contributed by atoms with van der Waals surface area (Å²) in [5.41, 5.74) is 0.962. The molecule has 4 rings (SSSR count). The second-order valence-electron chi connectivity index (χ2n) is 4.82. The Bertz CT molecular complexity index is 869. The van der Waals surface area contributed by atoms with Crippen LogP contribution in [0.2, 0.25) is 0 Å². The Morgan fingerprint density at radius 3 is 2.45 bits per heavy atom. The highest BCUT2D eigenvalue weighted by atomic mass is 32.1. The van der Waals surface area contributed by atoms with Crippen molar-refractivity contribution >= 4 is 22.9 Å². The van der Waals surface area contributed by atoms with E-state index in [-0.39, 0.29) is 23.9 Å². The monoisotopic (exact) mass is 311 g/mol. The zero-order chi connectivity index (χ0) is 15.3. The number of hydrogen-bond donors (Lipinski definition) is 1. The van der Waals surface area contributed by atoms with Crippen molar-refractivity contribution in [3.8, 4) is 10.8 Å². The van der Waals surface area contributed by atoms with Crippen LogP contribution in [0.5, 0.6) is 0 Å². The van der Waals surface area contributed by atoms with Crippen LogP contribution in [0.4, 0.5) is 0 Å². The van der Waals surface area contributed by atoms with Crippen molar-refractivity contribution in [2.24, 2.45) is 0 Å². The molecular formula is C16H9NO4S. The van der Waals surface area contributed by atoms with E-state index >= 15 is 0 Å². The third-order valence-corrected chi connectivity index (χ3v) is 4.56. The first-order chi connectivity index (χ1) is 10.7. The molecule has 3 aromatic rings. The van der Waals surface area contributed by atoms with Gasteiger partial charge < -0.3 is 9.52 Å². The lowest BCUT2D eigenvalue weighted by molar-refractivity contribution is 0.0979. The maximum absolute atomic E-state index is 12.5. The van der Waals surface area contributed by atoms with Crippen molar-refractivity contribution in [2.75, 3.05) is 0 Å². The van der Waals surface area contributed by atoms with Gasteiger partial charge >= 0.3 is 0 Å². The molecule has 22 heavy (non-hydrogen) atoms. The molecule has 6 heteroatoms. The zero-order valence-electron chi connectivity index (χ0n) is 11.2. The molecule has 0 unspecified atom stereocenters. The first kappa shape index (κ1) is 13.1. The summed E-state index contributed by atoms with van der Waals surface area (Å²) in [4.78, 5) is 29.6. The summed E-state index contributed by atoms with van der Waals surface area (Å²) in [6, 6.07) is 10.0. The summed E-state index contributed by atoms with van der Waals surface area (Å²) in [5.74, 6) is 0.404. The van der Waals surface area contributed by atoms with Gasteiger partial charge in [0.05, 0.1) is 0 Å². The van der Waals surface area contributed by atoms with Crippen molar-refractivity contribution < 1.29 is 19.1 Å². The maximum atomic E-state index is 12.5. The number of rotatable bonds is 2. The molecule has 0 saturated heterocycles. The molecule has 0 atom stereocenters. The van der Waals surface area contributed by atoms with E-state index < -0.39 is 0 Å². The Morgan fingerprint density at radius 1 is 1.05 bits per heavy atom. The topological polar surface area (TPSA) is 80.4 Å². The Labute approximate surface area is 128 Å². The summed E-state index contributed by atoms with van der Waals surface area (Å²) in [5, 5.41) is 9.50. The first-order valence-corrected chi connectivity index (χ1v) is 7.40. The highest BCUT2D eigenvalue weighted by molar-refractivity contribution is 7.17. The van der Waals surface area contributed by atoms with Crippen LogP contribution in [0.3, 0.4) is 0 Å². The number of aromatic nitrogens is 1. The number of ketones is 2. The number of carbonyl (C=O) groups is 2. The van der Waals surface area contributed by atoms with Gasteiger partial charge in [0, 0.05) is 11.1 Å². The van der Waals surface area contributed by atoms with E-state index in [4.69, 9.17) is 9.52 Å². The predicted octanol–water partition coefficient (Wildman–Crippen LogP) is 2.67. The molecule has 1 aromatic carbocycles. The molecule has 1 N–H and O–H groups in total. The van der Waals surface area contributed by atoms with E-state index in [1.165, 1.54) is 0 Å². The second-order valence-corrected chi connectivity index (χ2v) is 5.82. The molecule has 0 spiro atoms. The fraction of sp³-hybridized carbons (Fsp3) is 0.0625. The minimum atomic E-state index is -0.248. The van der Waals surface area contributed by atoms with E-state index in [2.05, 4.69) is 4.98 Å². The molecule has 2 heterocycles. The lowest BCUT2D eigenvalue weighted by Crippen LogP contribution is -2.19. The van der Waals surface area contributed by atoms with Gasteiger partial charge in [0.2, 0.25) is 11.6 Å². The van der Waals surface area contributed by atoms with Crippen LogP contribution in [0.1, 0.15) is 37.0 Å². The van der Waals surface area contributed by atoms with Crippen LogP contribution in [0, 0.1) is 0 Å². The molecule has 0 amide bonds. The van der Waals surface area contributed by atoms with Gasteiger partial charge in [-0.05, 0) is 12.1 Å². The van der Waals surface area contributed by atoms with Crippen molar-refractivity contribution in [1.82, 2.24) is 4.98 Å². The van der Waals surface area contributed by atoms with Gasteiger partial charge in [-0.3, -0.25) is 9.59 Å². The number of aliphatic hydroxyl groups is 1. The summed E-state index contributed by atoms with van der Waals surface area (Å²) in [6.45, 7) is -0.214. The van der Waals surface area contributed by atoms with Crippen molar-refractivity contribution in [2.45, 2.75) is 6.61 Å². The van der Waals surface area contributed by atoms with Gasteiger partial charge in [-0.1, -0.05) is 24.3 Å². The zero-order valence-corrected chi connectivity index (χ0v) is 12.0. The number of carbonyl (C=O) groups excluding carboxylic acids is 2. The number of nitrogens with zero attached hydrogens (tertiary/aromatic N) is 1. The smallest absolute Gasteiger partial charge is 0.213 e. The van der Waals surface area contributed by atoms with Crippen molar-refractivity contribution in [1.29, 1.82) is 0 Å². The molecule has 5 nitrogen and oxygen atoms in total. The number of fused-ring (bicyclic) bond motifs is 2. The molecule has 0 fully saturated rings. The van der Waals surface area contributed by atoms with Crippen molar-refractivity contribution in [3.63, 3.8) is 0 Å². The van der Waals surface area contributed by atoms with Crippen LogP contribution >= 0.6 is 11.3 Å². The number of furan rings is 1. The highest BCUT2D eigenvalue weighted by Gasteiger charge is 2.33. The molecule has 108 valence electrons. The summed E-state index contributed by atoms with van der Waals surface area (Å²) in [6.07, 6.45) is 0. The third kappa shape index (κ3) is 1.78. The SMILES string of the molecule is O=C1c2ccccc2C(=O)c2sc(-c3ccc(CO)o3)nc21. The van der Waals surface area contributed by atoms with Gasteiger partial charge in [-0.2, -0.15) is 0 Å².